The predicted octanol–water partition coefficient (Wildman–Crippen LogP) is 1.00. The fourth-order valence-corrected chi connectivity index (χ4v) is 2.83. The average molecular weight is 229 g/mol. The molecule has 1 aliphatic heterocycles. The van der Waals surface area contributed by atoms with Gasteiger partial charge in [0, 0.05) is 0 Å². The summed E-state index contributed by atoms with van der Waals surface area (Å²) in [5.74, 6) is 0.935. The molecule has 1 aromatic rings. The number of imidazole rings is 1. The van der Waals surface area contributed by atoms with Crippen LogP contribution in [0.3, 0.4) is 0 Å². The number of rotatable bonds is 2. The van der Waals surface area contributed by atoms with E-state index in [1.165, 1.54) is 5.32 Å². The number of H-pyrrole nitrogens is 1. The second-order valence-electron chi connectivity index (χ2n) is 2.40. The van der Waals surface area contributed by atoms with Gasteiger partial charge in [-0.05, 0) is 0 Å². The van der Waals surface area contributed by atoms with Gasteiger partial charge in [-0.25, -0.2) is 0 Å². The molecule has 0 saturated carbocycles. The first-order valence-corrected chi connectivity index (χ1v) is 6.05. The first-order valence-electron chi connectivity index (χ1n) is 3.85. The Morgan fingerprint density at radius 2 is 2.58 bits per heavy atom. The van der Waals surface area contributed by atoms with E-state index >= 15 is 0 Å². The van der Waals surface area contributed by atoms with Crippen molar-refractivity contribution in [2.24, 2.45) is 4.99 Å². The molecule has 1 aromatic heterocycles. The van der Waals surface area contributed by atoms with Crippen LogP contribution in [-0.4, -0.2) is 31.3 Å². The summed E-state index contributed by atoms with van der Waals surface area (Å²) in [5, 5.41) is 4.21. The van der Waals surface area contributed by atoms with Crippen molar-refractivity contribution < 1.29 is 0 Å². The summed E-state index contributed by atoms with van der Waals surface area (Å²) < 4.78 is 0. The van der Waals surface area contributed by atoms with E-state index in [0.29, 0.717) is 19.9 Å². The van der Waals surface area contributed by atoms with Crippen molar-refractivity contribution >= 4 is 27.1 Å². The van der Waals surface area contributed by atoms with Crippen molar-refractivity contribution in [1.29, 1.82) is 0 Å². The normalized spacial score (nSPS) is 20.2. The Kier molecular flexibility index (Phi) is 2.15. The summed E-state index contributed by atoms with van der Waals surface area (Å²) >= 11 is 0.542. The molecule has 2 N–H and O–H groups in total. The van der Waals surface area contributed by atoms with E-state index in [1.54, 1.807) is 12.7 Å². The molecule has 0 saturated heterocycles. The summed E-state index contributed by atoms with van der Waals surface area (Å²) in [4.78, 5) is 11.9. The zero-order valence-corrected chi connectivity index (χ0v) is 8.45. The molecular formula is C7H10N4Se. The molecule has 0 bridgehead atoms. The third kappa shape index (κ3) is 1.26. The molecule has 12 heavy (non-hydrogen) atoms. The molecule has 1 aliphatic rings. The van der Waals surface area contributed by atoms with Crippen LogP contribution in [0.15, 0.2) is 11.3 Å². The van der Waals surface area contributed by atoms with E-state index in [2.05, 4.69) is 27.2 Å². The Bertz CT molecular complexity index is 293. The minimum absolute atomic E-state index is 0.334. The summed E-state index contributed by atoms with van der Waals surface area (Å²) in [7, 11) is 0. The third-order valence-corrected chi connectivity index (χ3v) is 3.76. The quantitative estimate of drug-likeness (QED) is 0.743. The van der Waals surface area contributed by atoms with Gasteiger partial charge in [-0.15, -0.1) is 0 Å². The zero-order valence-electron chi connectivity index (χ0n) is 6.74. The molecule has 1 atom stereocenters. The molecule has 0 radical (unpaired) electrons. The number of hydrogen-bond donors (Lipinski definition) is 2. The maximum absolute atomic E-state index is 4.35. The molecule has 1 unspecified atom stereocenters. The van der Waals surface area contributed by atoms with E-state index in [0.717, 1.165) is 11.5 Å². The fraction of sp³-hybridized carbons (Fsp3) is 0.429. The van der Waals surface area contributed by atoms with Gasteiger partial charge in [-0.1, -0.05) is 0 Å². The molecule has 0 aromatic carbocycles. The van der Waals surface area contributed by atoms with Crippen LogP contribution < -0.4 is 5.32 Å². The second-order valence-corrected chi connectivity index (χ2v) is 5.24. The minimum atomic E-state index is 0.334. The van der Waals surface area contributed by atoms with E-state index in [-0.39, 0.29) is 0 Å². The van der Waals surface area contributed by atoms with E-state index in [9.17, 15) is 0 Å². The number of aromatic amines is 1. The van der Waals surface area contributed by atoms with Crippen molar-refractivity contribution in [2.75, 3.05) is 5.32 Å². The molecule has 0 spiro atoms. The standard InChI is InChI=1S/C7H10N4Se/c1-2-12-7-5-6(9-3-8-5)10-4-11-7/h3-4,7H,2H2,1H3,(H,8,9)(H,10,11). The maximum atomic E-state index is 4.35. The average Bonchev–Trinajstić information content (AvgIpc) is 2.53. The molecule has 0 fully saturated rings. The summed E-state index contributed by atoms with van der Waals surface area (Å²) in [6, 6.07) is 0. The van der Waals surface area contributed by atoms with Crippen LogP contribution in [0.2, 0.25) is 5.32 Å². The molecule has 4 nitrogen and oxygen atoms in total. The Balaban J connectivity index is 2.25. The SMILES string of the molecule is CC[Se]C1N=CNc2nc[nH]c21. The van der Waals surface area contributed by atoms with Crippen LogP contribution in [0.4, 0.5) is 5.82 Å². The monoisotopic (exact) mass is 230 g/mol. The van der Waals surface area contributed by atoms with Gasteiger partial charge in [0.2, 0.25) is 0 Å². The van der Waals surface area contributed by atoms with Gasteiger partial charge in [-0.3, -0.25) is 0 Å². The van der Waals surface area contributed by atoms with Crippen LogP contribution in [0.5, 0.6) is 0 Å². The topological polar surface area (TPSA) is 53.1 Å². The van der Waals surface area contributed by atoms with E-state index in [1.807, 2.05) is 0 Å². The Morgan fingerprint density at radius 3 is 3.42 bits per heavy atom. The fourth-order valence-electron chi connectivity index (χ4n) is 1.13. The predicted molar refractivity (Wildman–Crippen MR) is 49.7 cm³/mol. The van der Waals surface area contributed by atoms with Crippen LogP contribution in [0.1, 0.15) is 17.6 Å². The number of nitrogens with one attached hydrogen (secondary N) is 2. The Labute approximate surface area is 77.0 Å². The molecule has 0 amide bonds. The number of hydrogen-bond acceptors (Lipinski definition) is 3. The molecule has 2 heterocycles. The number of aliphatic imine (C=N–C) groups is 1. The van der Waals surface area contributed by atoms with E-state index in [4.69, 9.17) is 0 Å². The summed E-state index contributed by atoms with van der Waals surface area (Å²) in [5.41, 5.74) is 1.14. The van der Waals surface area contributed by atoms with Gasteiger partial charge in [0.25, 0.3) is 0 Å². The zero-order chi connectivity index (χ0) is 8.39. The number of fused-ring (bicyclic) bond motifs is 1. The molecule has 2 rings (SSSR count). The first kappa shape index (κ1) is 7.83. The van der Waals surface area contributed by atoms with Crippen LogP contribution in [0, 0.1) is 0 Å². The van der Waals surface area contributed by atoms with Crippen molar-refractivity contribution in [3.63, 3.8) is 0 Å². The summed E-state index contributed by atoms with van der Waals surface area (Å²) in [6.45, 7) is 2.19. The van der Waals surface area contributed by atoms with Crippen LogP contribution in [0.25, 0.3) is 0 Å². The summed E-state index contributed by atoms with van der Waals surface area (Å²) in [6.07, 6.45) is 3.45. The van der Waals surface area contributed by atoms with Crippen molar-refractivity contribution in [3.05, 3.63) is 12.0 Å². The molecule has 5 heteroatoms. The third-order valence-electron chi connectivity index (χ3n) is 1.65. The van der Waals surface area contributed by atoms with Crippen molar-refractivity contribution in [2.45, 2.75) is 17.2 Å². The van der Waals surface area contributed by atoms with Gasteiger partial charge >= 0.3 is 76.6 Å². The first-order chi connectivity index (χ1) is 5.92. The van der Waals surface area contributed by atoms with Gasteiger partial charge in [0.1, 0.15) is 0 Å². The van der Waals surface area contributed by atoms with Crippen molar-refractivity contribution in [3.8, 4) is 0 Å². The number of aromatic nitrogens is 2. The number of anilines is 1. The van der Waals surface area contributed by atoms with Crippen LogP contribution in [-0.2, 0) is 0 Å². The number of nitrogens with zero attached hydrogens (tertiary/aromatic N) is 2. The second kappa shape index (κ2) is 3.29. The van der Waals surface area contributed by atoms with Gasteiger partial charge < -0.3 is 0 Å². The van der Waals surface area contributed by atoms with E-state index < -0.39 is 0 Å². The molecule has 0 aliphatic carbocycles. The molecule has 64 valence electrons. The van der Waals surface area contributed by atoms with Gasteiger partial charge in [-0.2, -0.15) is 0 Å². The molecular weight excluding hydrogens is 219 g/mol. The Hall–Kier alpha value is -0.801. The van der Waals surface area contributed by atoms with Gasteiger partial charge in [0.15, 0.2) is 0 Å². The van der Waals surface area contributed by atoms with Gasteiger partial charge in [0.05, 0.1) is 0 Å². The van der Waals surface area contributed by atoms with Crippen LogP contribution >= 0.6 is 0 Å². The van der Waals surface area contributed by atoms with Crippen molar-refractivity contribution in [1.82, 2.24) is 9.97 Å². The Morgan fingerprint density at radius 1 is 1.67 bits per heavy atom.